The number of fused-ring (bicyclic) bond motifs is 1. The molecule has 0 spiro atoms. The molecule has 1 unspecified atom stereocenters. The Hall–Kier alpha value is -4.71. The lowest BCUT2D eigenvalue weighted by Gasteiger charge is -2.25. The lowest BCUT2D eigenvalue weighted by atomic mass is 9.95. The molecule has 1 aliphatic rings. The molecule has 11 nitrogen and oxygen atoms in total. The van der Waals surface area contributed by atoms with Gasteiger partial charge in [0.05, 0.1) is 43.2 Å². The fourth-order valence-corrected chi connectivity index (χ4v) is 5.00. The molecule has 2 heterocycles. The average Bonchev–Trinajstić information content (AvgIpc) is 3.21. The summed E-state index contributed by atoms with van der Waals surface area (Å²) in [7, 11) is 4.30. The Morgan fingerprint density at radius 2 is 1.65 bits per heavy atom. The molecular formula is C28H28N2O9S. The molecule has 1 atom stereocenters. The third kappa shape index (κ3) is 6.64. The first-order chi connectivity index (χ1) is 19.0. The van der Waals surface area contributed by atoms with Crippen LogP contribution < -0.4 is 29.1 Å². The SMILES string of the molecule is CC(=O)O.COC(=O)C1=C(C)N=c2s/c(=C/c3ccc(OC)cc3)c(=O)n2C1c1ccc(OC(C)=O)c(OC)c1. The predicted octanol–water partition coefficient (Wildman–Crippen LogP) is 2.44. The van der Waals surface area contributed by atoms with Crippen LogP contribution in [0.4, 0.5) is 0 Å². The van der Waals surface area contributed by atoms with Gasteiger partial charge in [-0.15, -0.1) is 0 Å². The Labute approximate surface area is 233 Å². The van der Waals surface area contributed by atoms with E-state index in [2.05, 4.69) is 4.99 Å². The minimum absolute atomic E-state index is 0.223. The number of nitrogens with zero attached hydrogens (tertiary/aromatic N) is 2. The van der Waals surface area contributed by atoms with Gasteiger partial charge in [-0.1, -0.05) is 29.5 Å². The molecule has 0 aliphatic carbocycles. The molecular weight excluding hydrogens is 540 g/mol. The number of carbonyl (C=O) groups excluding carboxylic acids is 2. The smallest absolute Gasteiger partial charge is 0.338 e. The average molecular weight is 569 g/mol. The maximum atomic E-state index is 13.6. The quantitative estimate of drug-likeness (QED) is 0.350. The van der Waals surface area contributed by atoms with Crippen LogP contribution in [0.25, 0.3) is 6.08 Å². The number of hydrogen-bond acceptors (Lipinski definition) is 10. The number of carboxylic acid groups (broad SMARTS) is 1. The van der Waals surface area contributed by atoms with E-state index in [1.54, 1.807) is 38.3 Å². The molecule has 4 rings (SSSR count). The number of carbonyl (C=O) groups is 3. The number of carboxylic acids is 1. The molecule has 12 heteroatoms. The van der Waals surface area contributed by atoms with Gasteiger partial charge in [0.15, 0.2) is 16.3 Å². The maximum absolute atomic E-state index is 13.6. The van der Waals surface area contributed by atoms with Crippen molar-refractivity contribution in [3.8, 4) is 17.2 Å². The zero-order valence-corrected chi connectivity index (χ0v) is 23.5. The summed E-state index contributed by atoms with van der Waals surface area (Å²) in [4.78, 5) is 51.9. The highest BCUT2D eigenvalue weighted by Crippen LogP contribution is 2.36. The van der Waals surface area contributed by atoms with E-state index in [9.17, 15) is 14.4 Å². The Balaban J connectivity index is 0.00000103. The first-order valence-electron chi connectivity index (χ1n) is 11.8. The number of methoxy groups -OCH3 is 3. The highest BCUT2D eigenvalue weighted by molar-refractivity contribution is 7.07. The van der Waals surface area contributed by atoms with Crippen LogP contribution in [-0.2, 0) is 19.1 Å². The van der Waals surface area contributed by atoms with Gasteiger partial charge in [-0.05, 0) is 48.4 Å². The van der Waals surface area contributed by atoms with Gasteiger partial charge in [0.1, 0.15) is 5.75 Å². The van der Waals surface area contributed by atoms with Crippen molar-refractivity contribution in [1.29, 1.82) is 0 Å². The summed E-state index contributed by atoms with van der Waals surface area (Å²) in [5, 5.41) is 7.42. The Bertz CT molecular complexity index is 1650. The summed E-state index contributed by atoms with van der Waals surface area (Å²) in [5.41, 5.74) is 1.73. The summed E-state index contributed by atoms with van der Waals surface area (Å²) in [6.45, 7) is 4.07. The second kappa shape index (κ2) is 12.9. The van der Waals surface area contributed by atoms with Crippen LogP contribution in [0.3, 0.4) is 0 Å². The van der Waals surface area contributed by atoms with Crippen LogP contribution in [0, 0.1) is 0 Å². The van der Waals surface area contributed by atoms with Gasteiger partial charge >= 0.3 is 11.9 Å². The van der Waals surface area contributed by atoms with Crippen LogP contribution in [-0.4, -0.2) is 48.9 Å². The zero-order chi connectivity index (χ0) is 29.6. The first-order valence-corrected chi connectivity index (χ1v) is 12.6. The zero-order valence-electron chi connectivity index (χ0n) is 22.7. The number of aliphatic carboxylic acids is 1. The van der Waals surface area contributed by atoms with Crippen molar-refractivity contribution in [2.45, 2.75) is 26.8 Å². The molecule has 40 heavy (non-hydrogen) atoms. The lowest BCUT2D eigenvalue weighted by molar-refractivity contribution is -0.137. The van der Waals surface area contributed by atoms with E-state index in [4.69, 9.17) is 28.8 Å². The Kier molecular flexibility index (Phi) is 9.62. The summed E-state index contributed by atoms with van der Waals surface area (Å²) in [6.07, 6.45) is 1.77. The number of allylic oxidation sites excluding steroid dienone is 1. The number of ether oxygens (including phenoxy) is 4. The fraction of sp³-hybridized carbons (Fsp3) is 0.250. The van der Waals surface area contributed by atoms with Crippen molar-refractivity contribution in [2.75, 3.05) is 21.3 Å². The van der Waals surface area contributed by atoms with E-state index in [-0.39, 0.29) is 22.6 Å². The van der Waals surface area contributed by atoms with Gasteiger partial charge in [-0.25, -0.2) is 9.79 Å². The summed E-state index contributed by atoms with van der Waals surface area (Å²) in [6, 6.07) is 11.3. The lowest BCUT2D eigenvalue weighted by Crippen LogP contribution is -2.39. The topological polar surface area (TPSA) is 143 Å². The normalized spacial score (nSPS) is 14.2. The number of esters is 2. The number of rotatable bonds is 6. The number of thiazole rings is 1. The predicted molar refractivity (Wildman–Crippen MR) is 146 cm³/mol. The van der Waals surface area contributed by atoms with Gasteiger partial charge in [-0.3, -0.25) is 19.0 Å². The number of aromatic nitrogens is 1. The van der Waals surface area contributed by atoms with Crippen molar-refractivity contribution < 1.29 is 38.4 Å². The van der Waals surface area contributed by atoms with Crippen molar-refractivity contribution >= 4 is 35.3 Å². The van der Waals surface area contributed by atoms with Crippen molar-refractivity contribution in [1.82, 2.24) is 4.57 Å². The molecule has 3 aromatic rings. The van der Waals surface area contributed by atoms with Gasteiger partial charge < -0.3 is 24.1 Å². The molecule has 0 fully saturated rings. The molecule has 1 N–H and O–H groups in total. The number of benzene rings is 2. The van der Waals surface area contributed by atoms with Crippen LogP contribution in [0.5, 0.6) is 17.2 Å². The van der Waals surface area contributed by atoms with E-state index in [1.165, 1.54) is 37.0 Å². The van der Waals surface area contributed by atoms with Crippen molar-refractivity contribution in [2.24, 2.45) is 4.99 Å². The molecule has 0 bridgehead atoms. The van der Waals surface area contributed by atoms with E-state index in [0.717, 1.165) is 12.5 Å². The van der Waals surface area contributed by atoms with Crippen LogP contribution >= 0.6 is 11.3 Å². The second-order valence-electron chi connectivity index (χ2n) is 8.37. The second-order valence-corrected chi connectivity index (χ2v) is 9.38. The highest BCUT2D eigenvalue weighted by Gasteiger charge is 2.33. The maximum Gasteiger partial charge on any atom is 0.338 e. The standard InChI is InChI=1S/C26H24N2O7S.C2H4O2/c1-14-22(25(31)34-5)23(17-8-11-19(35-15(2)29)20(13-17)33-4)28-24(30)21(36-26(28)27-14)12-16-6-9-18(32-3)10-7-16;1-2(3)4/h6-13,23H,1-5H3;1H3,(H,3,4)/b21-12+;. The van der Waals surface area contributed by atoms with Gasteiger partial charge in [-0.2, -0.15) is 0 Å². The van der Waals surface area contributed by atoms with Crippen LogP contribution in [0.1, 0.15) is 37.9 Å². The minimum atomic E-state index is -0.833. The summed E-state index contributed by atoms with van der Waals surface area (Å²) in [5.74, 6) is -0.728. The highest BCUT2D eigenvalue weighted by atomic mass is 32.1. The molecule has 2 aromatic carbocycles. The van der Waals surface area contributed by atoms with Crippen LogP contribution in [0.15, 0.2) is 63.5 Å². The molecule has 0 radical (unpaired) electrons. The molecule has 1 aromatic heterocycles. The molecule has 0 saturated carbocycles. The largest absolute Gasteiger partial charge is 0.497 e. The van der Waals surface area contributed by atoms with Crippen LogP contribution in [0.2, 0.25) is 0 Å². The third-order valence-electron chi connectivity index (χ3n) is 5.60. The van der Waals surface area contributed by atoms with Crippen molar-refractivity contribution in [3.63, 3.8) is 0 Å². The van der Waals surface area contributed by atoms with E-state index < -0.39 is 23.9 Å². The van der Waals surface area contributed by atoms with E-state index >= 15 is 0 Å². The number of hydrogen-bond donors (Lipinski definition) is 1. The Morgan fingerprint density at radius 1 is 1.00 bits per heavy atom. The molecule has 1 aliphatic heterocycles. The van der Waals surface area contributed by atoms with Gasteiger partial charge in [0.2, 0.25) is 0 Å². The Morgan fingerprint density at radius 3 is 2.20 bits per heavy atom. The van der Waals surface area contributed by atoms with E-state index in [0.29, 0.717) is 26.3 Å². The van der Waals surface area contributed by atoms with E-state index in [1.807, 2.05) is 24.3 Å². The fourth-order valence-electron chi connectivity index (χ4n) is 3.95. The molecule has 210 valence electrons. The van der Waals surface area contributed by atoms with Crippen molar-refractivity contribution in [3.05, 3.63) is 84.5 Å². The first kappa shape index (κ1) is 29.8. The summed E-state index contributed by atoms with van der Waals surface area (Å²) >= 11 is 1.22. The van der Waals surface area contributed by atoms with Gasteiger partial charge in [0, 0.05) is 13.8 Å². The minimum Gasteiger partial charge on any atom is -0.497 e. The molecule has 0 saturated heterocycles. The monoisotopic (exact) mass is 568 g/mol. The third-order valence-corrected chi connectivity index (χ3v) is 6.58. The van der Waals surface area contributed by atoms with Gasteiger partial charge in [0.25, 0.3) is 11.5 Å². The summed E-state index contributed by atoms with van der Waals surface area (Å²) < 4.78 is 22.8. The molecule has 0 amide bonds.